The maximum atomic E-state index is 11.6. The van der Waals surface area contributed by atoms with Gasteiger partial charge in [-0.1, -0.05) is 19.4 Å². The molecular formula is C20H26O10S2. The van der Waals surface area contributed by atoms with Crippen LogP contribution in [-0.4, -0.2) is 68.5 Å². The molecule has 0 aliphatic heterocycles. The Morgan fingerprint density at radius 1 is 0.906 bits per heavy atom. The lowest BCUT2D eigenvalue weighted by atomic mass is 10.2. The van der Waals surface area contributed by atoms with Gasteiger partial charge in [0.25, 0.3) is 0 Å². The lowest BCUT2D eigenvalue weighted by molar-refractivity contribution is -0.143. The molecule has 1 aromatic carbocycles. The highest BCUT2D eigenvalue weighted by molar-refractivity contribution is 8.17. The average molecular weight is 491 g/mol. The first kappa shape index (κ1) is 27.4. The smallest absolute Gasteiger partial charge is 0.317 e. The van der Waals surface area contributed by atoms with Gasteiger partial charge in [0.1, 0.15) is 10.5 Å². The van der Waals surface area contributed by atoms with Crippen molar-refractivity contribution in [1.82, 2.24) is 0 Å². The van der Waals surface area contributed by atoms with Crippen LogP contribution in [0.25, 0.3) is 0 Å². The molecule has 2 atom stereocenters. The van der Waals surface area contributed by atoms with Gasteiger partial charge in [-0.05, 0) is 24.1 Å². The van der Waals surface area contributed by atoms with E-state index in [1.165, 1.54) is 7.11 Å². The first-order valence-electron chi connectivity index (χ1n) is 9.59. The Hall–Kier alpha value is -2.60. The van der Waals surface area contributed by atoms with Crippen LogP contribution in [0.1, 0.15) is 42.8 Å². The summed E-state index contributed by atoms with van der Waals surface area (Å²) < 4.78 is 10.1. The van der Waals surface area contributed by atoms with Crippen molar-refractivity contribution in [3.05, 3.63) is 23.8 Å². The number of carbonyl (C=O) groups is 4. The number of thioether (sulfide) groups is 2. The van der Waals surface area contributed by atoms with Crippen molar-refractivity contribution < 1.29 is 49.1 Å². The molecule has 0 aromatic heterocycles. The second-order valence-corrected chi connectivity index (χ2v) is 9.49. The van der Waals surface area contributed by atoms with Crippen LogP contribution >= 0.6 is 23.5 Å². The molecule has 0 radical (unpaired) electrons. The minimum absolute atomic E-state index is 0.333. The second-order valence-electron chi connectivity index (χ2n) is 6.57. The zero-order valence-electron chi connectivity index (χ0n) is 17.6. The third-order valence-electron chi connectivity index (χ3n) is 4.06. The lowest BCUT2D eigenvalue weighted by Gasteiger charge is -2.23. The van der Waals surface area contributed by atoms with Crippen LogP contribution in [0.3, 0.4) is 0 Å². The minimum atomic E-state index is -1.38. The molecule has 1 rings (SSSR count). The van der Waals surface area contributed by atoms with Crippen molar-refractivity contribution >= 4 is 47.4 Å². The molecule has 0 spiro atoms. The van der Waals surface area contributed by atoms with E-state index in [1.54, 1.807) is 18.2 Å². The Balaban J connectivity index is 3.30. The first-order chi connectivity index (χ1) is 15.1. The maximum absolute atomic E-state index is 11.6. The van der Waals surface area contributed by atoms with Crippen molar-refractivity contribution in [2.75, 3.05) is 13.7 Å². The van der Waals surface area contributed by atoms with Crippen molar-refractivity contribution in [3.63, 3.8) is 0 Å². The number of ether oxygens (including phenoxy) is 2. The summed E-state index contributed by atoms with van der Waals surface area (Å²) in [5.74, 6) is -4.63. The molecule has 4 N–H and O–H groups in total. The van der Waals surface area contributed by atoms with E-state index in [2.05, 4.69) is 0 Å². The Morgan fingerprint density at radius 3 is 1.84 bits per heavy atom. The van der Waals surface area contributed by atoms with E-state index in [0.717, 1.165) is 36.4 Å². The zero-order chi connectivity index (χ0) is 24.3. The number of benzene rings is 1. The van der Waals surface area contributed by atoms with Gasteiger partial charge in [0.05, 0.1) is 31.1 Å². The standard InChI is InChI=1S/C20H26O10S2/c1-3-4-7-30-12-6-5-11(8-13(12)29-2)20(31-14(18(25)26)9-16(21)22)32-15(19(27)28)10-17(23)24/h5-6,8,14-15,20H,3-4,7,9-10H2,1-2H3,(H,21,22)(H,23,24)(H,25,26)(H,27,28). The number of hydrogen-bond donors (Lipinski definition) is 4. The van der Waals surface area contributed by atoms with Crippen molar-refractivity contribution in [2.24, 2.45) is 0 Å². The number of hydrogen-bond acceptors (Lipinski definition) is 8. The number of unbranched alkanes of at least 4 members (excludes halogenated alkanes) is 1. The second kappa shape index (κ2) is 13.7. The summed E-state index contributed by atoms with van der Waals surface area (Å²) >= 11 is 1.46. The average Bonchev–Trinajstić information content (AvgIpc) is 2.71. The fraction of sp³-hybridized carbons (Fsp3) is 0.500. The largest absolute Gasteiger partial charge is 0.493 e. The first-order valence-corrected chi connectivity index (χ1v) is 11.5. The van der Waals surface area contributed by atoms with Gasteiger partial charge in [-0.25, -0.2) is 0 Å². The summed E-state index contributed by atoms with van der Waals surface area (Å²) in [6.45, 7) is 2.47. The van der Waals surface area contributed by atoms with E-state index in [0.29, 0.717) is 23.7 Å². The van der Waals surface area contributed by atoms with Gasteiger partial charge in [0.15, 0.2) is 11.5 Å². The normalized spacial score (nSPS) is 13.6. The van der Waals surface area contributed by atoms with Crippen LogP contribution in [0.2, 0.25) is 0 Å². The van der Waals surface area contributed by atoms with E-state index < -0.39 is 51.8 Å². The van der Waals surface area contributed by atoms with Gasteiger partial charge in [-0.3, -0.25) is 19.2 Å². The SMILES string of the molecule is CCCCOc1ccc(C(SC(CC(=O)O)C(=O)O)SC(CC(=O)O)C(=O)O)cc1OC. The van der Waals surface area contributed by atoms with Crippen LogP contribution in [0.4, 0.5) is 0 Å². The van der Waals surface area contributed by atoms with Gasteiger partial charge in [0.2, 0.25) is 0 Å². The summed E-state index contributed by atoms with van der Waals surface area (Å²) in [5.41, 5.74) is 0.438. The van der Waals surface area contributed by atoms with Crippen molar-refractivity contribution in [3.8, 4) is 11.5 Å². The molecule has 10 nitrogen and oxygen atoms in total. The summed E-state index contributed by atoms with van der Waals surface area (Å²) in [6, 6.07) is 4.73. The van der Waals surface area contributed by atoms with Gasteiger partial charge < -0.3 is 29.9 Å². The molecule has 0 saturated carbocycles. The van der Waals surface area contributed by atoms with Crippen molar-refractivity contribution in [1.29, 1.82) is 0 Å². The molecule has 32 heavy (non-hydrogen) atoms. The van der Waals surface area contributed by atoms with Crippen LogP contribution in [0.15, 0.2) is 18.2 Å². The Kier molecular flexibility index (Phi) is 11.8. The molecule has 12 heteroatoms. The third-order valence-corrected chi connectivity index (χ3v) is 7.16. The van der Waals surface area contributed by atoms with Gasteiger partial charge in [-0.15, -0.1) is 23.5 Å². The lowest BCUT2D eigenvalue weighted by Crippen LogP contribution is -2.24. The highest BCUT2D eigenvalue weighted by Gasteiger charge is 2.32. The van der Waals surface area contributed by atoms with E-state index in [-0.39, 0.29) is 0 Å². The molecule has 0 saturated heterocycles. The fourth-order valence-corrected chi connectivity index (χ4v) is 5.44. The third kappa shape index (κ3) is 9.27. The topological polar surface area (TPSA) is 168 Å². The molecule has 0 heterocycles. The summed E-state index contributed by atoms with van der Waals surface area (Å²) in [7, 11) is 1.41. The molecule has 0 amide bonds. The maximum Gasteiger partial charge on any atom is 0.317 e. The molecule has 2 unspecified atom stereocenters. The van der Waals surface area contributed by atoms with E-state index >= 15 is 0 Å². The van der Waals surface area contributed by atoms with Crippen LogP contribution in [0, 0.1) is 0 Å². The predicted molar refractivity (Wildman–Crippen MR) is 119 cm³/mol. The number of aliphatic carboxylic acids is 4. The van der Waals surface area contributed by atoms with Gasteiger partial charge >= 0.3 is 23.9 Å². The van der Waals surface area contributed by atoms with Crippen LogP contribution < -0.4 is 9.47 Å². The number of carboxylic acids is 4. The summed E-state index contributed by atoms with van der Waals surface area (Å²) in [5, 5.41) is 34.2. The number of carboxylic acid groups (broad SMARTS) is 4. The number of methoxy groups -OCH3 is 1. The number of rotatable bonds is 16. The molecule has 1 aromatic rings. The molecule has 0 aliphatic carbocycles. The Morgan fingerprint density at radius 2 is 1.44 bits per heavy atom. The fourth-order valence-electron chi connectivity index (χ4n) is 2.47. The van der Waals surface area contributed by atoms with E-state index in [9.17, 15) is 29.4 Å². The molecule has 0 bridgehead atoms. The molecule has 178 valence electrons. The monoisotopic (exact) mass is 490 g/mol. The summed E-state index contributed by atoms with van der Waals surface area (Å²) in [4.78, 5) is 45.3. The Labute approximate surface area is 193 Å². The van der Waals surface area contributed by atoms with Crippen molar-refractivity contribution in [2.45, 2.75) is 47.7 Å². The van der Waals surface area contributed by atoms with Crippen LogP contribution in [0.5, 0.6) is 11.5 Å². The van der Waals surface area contributed by atoms with E-state index in [1.807, 2.05) is 6.92 Å². The summed E-state index contributed by atoms with van der Waals surface area (Å²) in [6.07, 6.45) is 0.367. The minimum Gasteiger partial charge on any atom is -0.493 e. The highest BCUT2D eigenvalue weighted by Crippen LogP contribution is 2.47. The van der Waals surface area contributed by atoms with Gasteiger partial charge in [-0.2, -0.15) is 0 Å². The van der Waals surface area contributed by atoms with Gasteiger partial charge in [0, 0.05) is 0 Å². The predicted octanol–water partition coefficient (Wildman–Crippen LogP) is 3.19. The molecule has 0 aliphatic rings. The molecular weight excluding hydrogens is 464 g/mol. The van der Waals surface area contributed by atoms with E-state index in [4.69, 9.17) is 19.7 Å². The molecule has 0 fully saturated rings. The zero-order valence-corrected chi connectivity index (χ0v) is 19.2. The van der Waals surface area contributed by atoms with Crippen LogP contribution in [-0.2, 0) is 19.2 Å². The Bertz CT molecular complexity index is 778. The quantitative estimate of drug-likeness (QED) is 0.197. The highest BCUT2D eigenvalue weighted by atomic mass is 32.2.